The molecule has 0 aliphatic carbocycles. The first-order valence-electron chi connectivity index (χ1n) is 6.46. The summed E-state index contributed by atoms with van der Waals surface area (Å²) in [6.45, 7) is 6.86. The van der Waals surface area contributed by atoms with E-state index >= 15 is 0 Å². The lowest BCUT2D eigenvalue weighted by Crippen LogP contribution is -2.38. The fourth-order valence-electron chi connectivity index (χ4n) is 1.53. The Hall–Kier alpha value is -1.92. The van der Waals surface area contributed by atoms with Crippen LogP contribution in [-0.2, 0) is 4.74 Å². The van der Waals surface area contributed by atoms with E-state index in [9.17, 15) is 18.0 Å². The lowest BCUT2D eigenvalue weighted by Gasteiger charge is -2.21. The van der Waals surface area contributed by atoms with Crippen molar-refractivity contribution in [2.75, 3.05) is 11.9 Å². The predicted octanol–water partition coefficient (Wildman–Crippen LogP) is 3.43. The van der Waals surface area contributed by atoms with E-state index in [0.29, 0.717) is 12.1 Å². The molecule has 0 bridgehead atoms. The van der Waals surface area contributed by atoms with Gasteiger partial charge in [-0.3, -0.25) is 0 Å². The number of ether oxygens (including phenoxy) is 1. The number of hydrogen-bond donors (Lipinski definition) is 2. The van der Waals surface area contributed by atoms with Crippen molar-refractivity contribution < 1.29 is 22.7 Å². The second-order valence-corrected chi connectivity index (χ2v) is 5.67. The second-order valence-electron chi connectivity index (χ2n) is 5.67. The van der Waals surface area contributed by atoms with E-state index in [1.165, 1.54) is 0 Å². The summed E-state index contributed by atoms with van der Waals surface area (Å²) < 4.78 is 44.7. The van der Waals surface area contributed by atoms with Gasteiger partial charge in [-0.25, -0.2) is 18.0 Å². The van der Waals surface area contributed by atoms with Gasteiger partial charge in [-0.1, -0.05) is 0 Å². The van der Waals surface area contributed by atoms with Crippen LogP contribution in [0.4, 0.5) is 23.7 Å². The van der Waals surface area contributed by atoms with E-state index in [0.717, 1.165) is 0 Å². The molecule has 0 radical (unpaired) electrons. The molecule has 0 aliphatic heterocycles. The molecule has 0 fully saturated rings. The first kappa shape index (κ1) is 17.1. The summed E-state index contributed by atoms with van der Waals surface area (Å²) in [5, 5.41) is 5.00. The molecule has 1 atom stereocenters. The maximum absolute atomic E-state index is 13.4. The second kappa shape index (κ2) is 6.69. The largest absolute Gasteiger partial charge is 0.444 e. The van der Waals surface area contributed by atoms with Gasteiger partial charge >= 0.3 is 6.09 Å². The zero-order valence-electron chi connectivity index (χ0n) is 12.4. The van der Waals surface area contributed by atoms with Crippen molar-refractivity contribution in [1.29, 1.82) is 0 Å². The van der Waals surface area contributed by atoms with Gasteiger partial charge in [0.1, 0.15) is 17.1 Å². The van der Waals surface area contributed by atoms with Crippen LogP contribution in [-0.4, -0.2) is 24.3 Å². The van der Waals surface area contributed by atoms with Crippen molar-refractivity contribution in [2.45, 2.75) is 39.3 Å². The molecule has 1 aromatic rings. The molecule has 1 amide bonds. The molecule has 21 heavy (non-hydrogen) atoms. The third kappa shape index (κ3) is 5.93. The molecule has 0 spiro atoms. The van der Waals surface area contributed by atoms with E-state index in [-0.39, 0.29) is 6.54 Å². The highest BCUT2D eigenvalue weighted by Gasteiger charge is 2.17. The fraction of sp³-hybridized carbons (Fsp3) is 0.500. The molecule has 0 aromatic heterocycles. The van der Waals surface area contributed by atoms with E-state index < -0.39 is 40.9 Å². The van der Waals surface area contributed by atoms with Gasteiger partial charge in [0, 0.05) is 24.7 Å². The molecule has 4 nitrogen and oxygen atoms in total. The highest BCUT2D eigenvalue weighted by Crippen LogP contribution is 2.20. The van der Waals surface area contributed by atoms with Crippen molar-refractivity contribution in [3.8, 4) is 0 Å². The molecule has 118 valence electrons. The van der Waals surface area contributed by atoms with Gasteiger partial charge in [0.05, 0.1) is 0 Å². The molecule has 0 aliphatic rings. The van der Waals surface area contributed by atoms with Gasteiger partial charge in [0.25, 0.3) is 0 Å². The summed E-state index contributed by atoms with van der Waals surface area (Å²) in [6, 6.07) is 0.686. The molecule has 7 heteroatoms. The standard InChI is InChI=1S/C14H19F3N2O2/c1-8(7-18-13(20)21-14(2,3)4)19-12-10(16)5-9(15)6-11(12)17/h5-6,8,19H,7H2,1-4H3,(H,18,20). The van der Waals surface area contributed by atoms with Crippen molar-refractivity contribution in [1.82, 2.24) is 5.32 Å². The van der Waals surface area contributed by atoms with Gasteiger partial charge in [0.15, 0.2) is 11.6 Å². The lowest BCUT2D eigenvalue weighted by atomic mass is 10.2. The average Bonchev–Trinajstić information content (AvgIpc) is 2.29. The monoisotopic (exact) mass is 304 g/mol. The van der Waals surface area contributed by atoms with Crippen LogP contribution >= 0.6 is 0 Å². The summed E-state index contributed by atoms with van der Waals surface area (Å²) in [6.07, 6.45) is -0.629. The van der Waals surface area contributed by atoms with Crippen LogP contribution in [0.1, 0.15) is 27.7 Å². The SMILES string of the molecule is CC(CNC(=O)OC(C)(C)C)Nc1c(F)cc(F)cc1F. The number of hydrogen-bond acceptors (Lipinski definition) is 3. The average molecular weight is 304 g/mol. The maximum Gasteiger partial charge on any atom is 0.407 e. The summed E-state index contributed by atoms with van der Waals surface area (Å²) >= 11 is 0. The van der Waals surface area contributed by atoms with Crippen LogP contribution in [0.5, 0.6) is 0 Å². The minimum atomic E-state index is -1.03. The van der Waals surface area contributed by atoms with E-state index in [1.54, 1.807) is 27.7 Å². The number of anilines is 1. The predicted molar refractivity (Wildman–Crippen MR) is 73.6 cm³/mol. The number of alkyl carbamates (subject to hydrolysis) is 1. The van der Waals surface area contributed by atoms with Gasteiger partial charge in [0.2, 0.25) is 0 Å². The Bertz CT molecular complexity index is 492. The topological polar surface area (TPSA) is 50.4 Å². The Morgan fingerprint density at radius 2 is 1.76 bits per heavy atom. The number of nitrogens with one attached hydrogen (secondary N) is 2. The summed E-state index contributed by atoms with van der Waals surface area (Å²) in [5.74, 6) is -3.05. The third-order valence-electron chi connectivity index (χ3n) is 2.35. The fourth-order valence-corrected chi connectivity index (χ4v) is 1.53. The zero-order valence-corrected chi connectivity index (χ0v) is 12.4. The van der Waals surface area contributed by atoms with Crippen LogP contribution < -0.4 is 10.6 Å². The quantitative estimate of drug-likeness (QED) is 0.896. The Balaban J connectivity index is 2.55. The van der Waals surface area contributed by atoms with Gasteiger partial charge < -0.3 is 15.4 Å². The number of carbonyl (C=O) groups excluding carboxylic acids is 1. The van der Waals surface area contributed by atoms with Crippen LogP contribution in [0.15, 0.2) is 12.1 Å². The molecule has 0 heterocycles. The Morgan fingerprint density at radius 3 is 2.24 bits per heavy atom. The van der Waals surface area contributed by atoms with Crippen LogP contribution in [0, 0.1) is 17.5 Å². The number of rotatable bonds is 4. The zero-order chi connectivity index (χ0) is 16.2. The first-order valence-corrected chi connectivity index (χ1v) is 6.46. The van der Waals surface area contributed by atoms with Crippen molar-refractivity contribution >= 4 is 11.8 Å². The van der Waals surface area contributed by atoms with Gasteiger partial charge in [-0.05, 0) is 27.7 Å². The van der Waals surface area contributed by atoms with E-state index in [4.69, 9.17) is 4.74 Å². The summed E-state index contributed by atoms with van der Waals surface area (Å²) in [5.41, 5.74) is -1.06. The molecule has 1 rings (SSSR count). The molecule has 0 saturated heterocycles. The summed E-state index contributed by atoms with van der Waals surface area (Å²) in [7, 11) is 0. The van der Waals surface area contributed by atoms with Crippen LogP contribution in [0.2, 0.25) is 0 Å². The number of halogens is 3. The normalized spacial score (nSPS) is 12.7. The maximum atomic E-state index is 13.4. The first-order chi connectivity index (χ1) is 9.58. The smallest absolute Gasteiger partial charge is 0.407 e. The molecule has 1 aromatic carbocycles. The summed E-state index contributed by atoms with van der Waals surface area (Å²) in [4.78, 5) is 11.4. The van der Waals surface area contributed by atoms with Crippen LogP contribution in [0.25, 0.3) is 0 Å². The molecular formula is C14H19F3N2O2. The third-order valence-corrected chi connectivity index (χ3v) is 2.35. The number of amides is 1. The van der Waals surface area contributed by atoms with Gasteiger partial charge in [-0.15, -0.1) is 0 Å². The Labute approximate surface area is 121 Å². The Kier molecular flexibility index (Phi) is 5.46. The van der Waals surface area contributed by atoms with Crippen LogP contribution in [0.3, 0.4) is 0 Å². The molecule has 1 unspecified atom stereocenters. The highest BCUT2D eigenvalue weighted by atomic mass is 19.1. The van der Waals surface area contributed by atoms with E-state index in [1.807, 2.05) is 0 Å². The highest BCUT2D eigenvalue weighted by molar-refractivity contribution is 5.67. The molecule has 2 N–H and O–H groups in total. The van der Waals surface area contributed by atoms with E-state index in [2.05, 4.69) is 10.6 Å². The number of benzene rings is 1. The molecular weight excluding hydrogens is 285 g/mol. The minimum absolute atomic E-state index is 0.0885. The van der Waals surface area contributed by atoms with Gasteiger partial charge in [-0.2, -0.15) is 0 Å². The van der Waals surface area contributed by atoms with Crippen molar-refractivity contribution in [2.24, 2.45) is 0 Å². The Morgan fingerprint density at radius 1 is 1.24 bits per heavy atom. The minimum Gasteiger partial charge on any atom is -0.444 e. The number of carbonyl (C=O) groups is 1. The lowest BCUT2D eigenvalue weighted by molar-refractivity contribution is 0.0526. The van der Waals surface area contributed by atoms with Crippen molar-refractivity contribution in [3.05, 3.63) is 29.6 Å². The molecule has 0 saturated carbocycles. The van der Waals surface area contributed by atoms with Crippen molar-refractivity contribution in [3.63, 3.8) is 0 Å².